The lowest BCUT2D eigenvalue weighted by Crippen LogP contribution is -2.34. The minimum atomic E-state index is -0.828. The first-order valence-corrected chi connectivity index (χ1v) is 10.0. The number of hydrogen-bond donors (Lipinski definition) is 0. The Bertz CT molecular complexity index is 708. The zero-order chi connectivity index (χ0) is 21.6. The van der Waals surface area contributed by atoms with Crippen LogP contribution in [0.2, 0.25) is 0 Å². The first kappa shape index (κ1) is 23.0. The molecule has 7 heteroatoms. The van der Waals surface area contributed by atoms with E-state index in [9.17, 15) is 14.4 Å². The van der Waals surface area contributed by atoms with Gasteiger partial charge in [0, 0.05) is 13.7 Å². The molecule has 0 saturated heterocycles. The van der Waals surface area contributed by atoms with Crippen LogP contribution in [-0.2, 0) is 19.0 Å². The van der Waals surface area contributed by atoms with Crippen molar-refractivity contribution >= 4 is 17.8 Å². The van der Waals surface area contributed by atoms with Gasteiger partial charge in [-0.1, -0.05) is 12.1 Å². The normalized spacial score (nSPS) is 15.0. The Balaban J connectivity index is 1.88. The molecule has 7 nitrogen and oxygen atoms in total. The van der Waals surface area contributed by atoms with Crippen molar-refractivity contribution in [1.82, 2.24) is 4.90 Å². The summed E-state index contributed by atoms with van der Waals surface area (Å²) in [6.07, 6.45) is 1.46. The zero-order valence-corrected chi connectivity index (χ0v) is 17.9. The molecule has 1 aliphatic rings. The van der Waals surface area contributed by atoms with Gasteiger partial charge in [0.15, 0.2) is 5.79 Å². The van der Waals surface area contributed by atoms with E-state index < -0.39 is 5.79 Å². The molecular formula is C22H31NO6. The number of carbonyl (C=O) groups is 3. The average molecular weight is 405 g/mol. The van der Waals surface area contributed by atoms with Crippen LogP contribution < -0.4 is 0 Å². The summed E-state index contributed by atoms with van der Waals surface area (Å²) < 4.78 is 16.5. The number of benzene rings is 1. The maximum absolute atomic E-state index is 12.4. The number of hydrogen-bond acceptors (Lipinski definition) is 6. The molecule has 0 aliphatic carbocycles. The predicted octanol–water partition coefficient (Wildman–Crippen LogP) is 3.56. The van der Waals surface area contributed by atoms with Gasteiger partial charge < -0.3 is 14.2 Å². The molecule has 0 spiro atoms. The van der Waals surface area contributed by atoms with E-state index in [1.54, 1.807) is 59.1 Å². The smallest absolute Gasteiger partial charge is 0.308 e. The number of unbranched alkanes of at least 4 members (excludes halogenated alkanes) is 1. The molecule has 29 heavy (non-hydrogen) atoms. The molecule has 1 aromatic carbocycles. The number of fused-ring (bicyclic) bond motifs is 1. The van der Waals surface area contributed by atoms with Gasteiger partial charge >= 0.3 is 5.97 Å². The van der Waals surface area contributed by atoms with Crippen LogP contribution in [0.5, 0.6) is 0 Å². The minimum Gasteiger partial charge on any atom is -0.463 e. The van der Waals surface area contributed by atoms with Crippen LogP contribution in [0.15, 0.2) is 24.3 Å². The van der Waals surface area contributed by atoms with Crippen LogP contribution in [0.25, 0.3) is 0 Å². The number of carbonyl (C=O) groups excluding carboxylic acids is 3. The SMILES string of the molecule is COC(C)(C)O[C@H](CCCCN1C(=O)c2ccccc2C1=O)CC(=O)OC(C)C. The molecule has 0 unspecified atom stereocenters. The Morgan fingerprint density at radius 1 is 1.07 bits per heavy atom. The maximum Gasteiger partial charge on any atom is 0.308 e. The predicted molar refractivity (Wildman–Crippen MR) is 107 cm³/mol. The van der Waals surface area contributed by atoms with Gasteiger partial charge in [-0.2, -0.15) is 0 Å². The highest BCUT2D eigenvalue weighted by Crippen LogP contribution is 2.24. The lowest BCUT2D eigenvalue weighted by atomic mass is 10.1. The Labute approximate surface area is 172 Å². The van der Waals surface area contributed by atoms with Gasteiger partial charge in [0.1, 0.15) is 0 Å². The first-order valence-electron chi connectivity index (χ1n) is 10.0. The van der Waals surface area contributed by atoms with Crippen molar-refractivity contribution in [3.05, 3.63) is 35.4 Å². The van der Waals surface area contributed by atoms with Gasteiger partial charge in [0.05, 0.1) is 29.8 Å². The molecule has 160 valence electrons. The second-order valence-corrected chi connectivity index (χ2v) is 7.89. The number of esters is 1. The van der Waals surface area contributed by atoms with E-state index in [4.69, 9.17) is 14.2 Å². The summed E-state index contributed by atoms with van der Waals surface area (Å²) in [4.78, 5) is 38.2. The van der Waals surface area contributed by atoms with Gasteiger partial charge in [0.2, 0.25) is 0 Å². The third-order valence-electron chi connectivity index (χ3n) is 4.74. The quantitative estimate of drug-likeness (QED) is 0.242. The van der Waals surface area contributed by atoms with E-state index >= 15 is 0 Å². The molecule has 0 aromatic heterocycles. The molecule has 0 fully saturated rings. The maximum atomic E-state index is 12.4. The molecule has 2 rings (SSSR count). The van der Waals surface area contributed by atoms with Gasteiger partial charge in [0.25, 0.3) is 11.8 Å². The summed E-state index contributed by atoms with van der Waals surface area (Å²) in [7, 11) is 1.55. The van der Waals surface area contributed by atoms with E-state index in [-0.39, 0.29) is 36.4 Å². The fourth-order valence-electron chi connectivity index (χ4n) is 3.23. The summed E-state index contributed by atoms with van der Waals surface area (Å²) in [6, 6.07) is 6.85. The van der Waals surface area contributed by atoms with E-state index in [2.05, 4.69) is 0 Å². The summed E-state index contributed by atoms with van der Waals surface area (Å²) >= 11 is 0. The molecule has 2 amide bonds. The Morgan fingerprint density at radius 2 is 1.66 bits per heavy atom. The number of methoxy groups -OCH3 is 1. The Kier molecular flexibility index (Phi) is 7.93. The minimum absolute atomic E-state index is 0.123. The highest BCUT2D eigenvalue weighted by atomic mass is 16.7. The highest BCUT2D eigenvalue weighted by molar-refractivity contribution is 6.21. The van der Waals surface area contributed by atoms with Crippen LogP contribution >= 0.6 is 0 Å². The fourth-order valence-corrected chi connectivity index (χ4v) is 3.23. The monoisotopic (exact) mass is 405 g/mol. The third-order valence-corrected chi connectivity index (χ3v) is 4.74. The van der Waals surface area contributed by atoms with Crippen molar-refractivity contribution in [3.8, 4) is 0 Å². The van der Waals surface area contributed by atoms with Gasteiger partial charge in [-0.25, -0.2) is 0 Å². The molecule has 0 radical (unpaired) electrons. The van der Waals surface area contributed by atoms with Gasteiger partial charge in [-0.3, -0.25) is 19.3 Å². The summed E-state index contributed by atoms with van der Waals surface area (Å²) in [6.45, 7) is 7.51. The van der Waals surface area contributed by atoms with E-state index in [1.807, 2.05) is 0 Å². The molecular weight excluding hydrogens is 374 g/mol. The molecule has 1 heterocycles. The van der Waals surface area contributed by atoms with Crippen molar-refractivity contribution in [3.63, 3.8) is 0 Å². The van der Waals surface area contributed by atoms with Crippen LogP contribution in [0.3, 0.4) is 0 Å². The van der Waals surface area contributed by atoms with Crippen LogP contribution in [-0.4, -0.2) is 54.3 Å². The van der Waals surface area contributed by atoms with Crippen LogP contribution in [0.1, 0.15) is 74.1 Å². The highest BCUT2D eigenvalue weighted by Gasteiger charge is 2.34. The van der Waals surface area contributed by atoms with Crippen molar-refractivity contribution in [2.24, 2.45) is 0 Å². The number of ether oxygens (including phenoxy) is 3. The molecule has 0 saturated carbocycles. The van der Waals surface area contributed by atoms with Crippen molar-refractivity contribution < 1.29 is 28.6 Å². The third kappa shape index (κ3) is 6.37. The van der Waals surface area contributed by atoms with E-state index in [1.165, 1.54) is 4.90 Å². The Morgan fingerprint density at radius 3 is 2.17 bits per heavy atom. The number of imide groups is 1. The molecule has 0 N–H and O–H groups in total. The zero-order valence-electron chi connectivity index (χ0n) is 17.9. The molecule has 0 bridgehead atoms. The number of rotatable bonds is 11. The largest absolute Gasteiger partial charge is 0.463 e. The second-order valence-electron chi connectivity index (χ2n) is 7.89. The standard InChI is InChI=1S/C22H31NO6/c1-15(2)28-19(24)14-16(29-22(3,4)27-5)10-8-9-13-23-20(25)17-11-6-7-12-18(17)21(23)26/h6-7,11-12,15-16H,8-10,13-14H2,1-5H3/t16-/m1/s1. The fraction of sp³-hybridized carbons (Fsp3) is 0.591. The second kappa shape index (κ2) is 9.98. The van der Waals surface area contributed by atoms with Crippen LogP contribution in [0, 0.1) is 0 Å². The number of amides is 2. The van der Waals surface area contributed by atoms with Gasteiger partial charge in [-0.05, 0) is 59.1 Å². The summed E-state index contributed by atoms with van der Waals surface area (Å²) in [5.74, 6) is -1.65. The lowest BCUT2D eigenvalue weighted by Gasteiger charge is -2.29. The van der Waals surface area contributed by atoms with Crippen LogP contribution in [0.4, 0.5) is 0 Å². The molecule has 1 atom stereocenters. The van der Waals surface area contributed by atoms with Crippen molar-refractivity contribution in [2.45, 2.75) is 71.4 Å². The van der Waals surface area contributed by atoms with Gasteiger partial charge in [-0.15, -0.1) is 0 Å². The summed E-state index contributed by atoms with van der Waals surface area (Å²) in [5.41, 5.74) is 0.911. The van der Waals surface area contributed by atoms with E-state index in [0.29, 0.717) is 36.9 Å². The lowest BCUT2D eigenvalue weighted by molar-refractivity contribution is -0.227. The molecule has 1 aliphatic heterocycles. The summed E-state index contributed by atoms with van der Waals surface area (Å²) in [5, 5.41) is 0. The number of nitrogens with zero attached hydrogens (tertiary/aromatic N) is 1. The Hall–Kier alpha value is -2.25. The topological polar surface area (TPSA) is 82.1 Å². The van der Waals surface area contributed by atoms with Crippen molar-refractivity contribution in [2.75, 3.05) is 13.7 Å². The van der Waals surface area contributed by atoms with Crippen molar-refractivity contribution in [1.29, 1.82) is 0 Å². The average Bonchev–Trinajstić information content (AvgIpc) is 2.89. The first-order chi connectivity index (χ1) is 13.6. The molecule has 1 aromatic rings. The van der Waals surface area contributed by atoms with E-state index in [0.717, 1.165) is 0 Å².